The highest BCUT2D eigenvalue weighted by molar-refractivity contribution is 7.87. The van der Waals surface area contributed by atoms with Gasteiger partial charge in [-0.3, -0.25) is 23.0 Å². The van der Waals surface area contributed by atoms with E-state index in [0.29, 0.717) is 10.6 Å². The molecule has 67 heavy (non-hydrogen) atoms. The number of aromatic hydroxyl groups is 1. The number of hydrogen-bond acceptors (Lipinski definition) is 19. The van der Waals surface area contributed by atoms with Gasteiger partial charge in [-0.1, -0.05) is 12.1 Å². The van der Waals surface area contributed by atoms with Crippen LogP contribution in [0.2, 0.25) is 0 Å². The molecule has 0 saturated carbocycles. The highest BCUT2D eigenvalue weighted by Crippen LogP contribution is 2.44. The third-order valence-electron chi connectivity index (χ3n) is 9.60. The number of amides is 1. The molecule has 6 aromatic carbocycles. The van der Waals surface area contributed by atoms with Crippen LogP contribution in [0.3, 0.4) is 0 Å². The number of phenols is 1. The first-order valence-electron chi connectivity index (χ1n) is 18.2. The molecular formula is C38H28N8O17S4. The quantitative estimate of drug-likeness (QED) is 0.0513. The minimum absolute atomic E-state index is 0.0574. The van der Waals surface area contributed by atoms with Gasteiger partial charge in [0.15, 0.2) is 11.5 Å². The smallest absolute Gasteiger partial charge is 0.355 e. The number of azo groups is 3. The summed E-state index contributed by atoms with van der Waals surface area (Å²) in [7, 11) is -18.4. The van der Waals surface area contributed by atoms with Crippen LogP contribution in [0.5, 0.6) is 11.5 Å². The Balaban J connectivity index is 1.19. The molecule has 25 nitrogen and oxygen atoms in total. The number of rotatable bonds is 13. The van der Waals surface area contributed by atoms with Gasteiger partial charge in [-0.05, 0) is 90.7 Å². The van der Waals surface area contributed by atoms with E-state index in [1.807, 2.05) is 0 Å². The van der Waals surface area contributed by atoms with Gasteiger partial charge in [0.25, 0.3) is 46.4 Å². The summed E-state index contributed by atoms with van der Waals surface area (Å²) in [4.78, 5) is 22.4. The summed E-state index contributed by atoms with van der Waals surface area (Å²) in [5.41, 5.74) is -1.64. The molecule has 0 bridgehead atoms. The third kappa shape index (κ3) is 9.73. The van der Waals surface area contributed by atoms with Crippen LogP contribution in [-0.4, -0.2) is 92.8 Å². The minimum atomic E-state index is -5.16. The van der Waals surface area contributed by atoms with Crippen molar-refractivity contribution in [3.63, 3.8) is 0 Å². The predicted molar refractivity (Wildman–Crippen MR) is 232 cm³/mol. The van der Waals surface area contributed by atoms with E-state index < -0.39 is 95.1 Å². The summed E-state index contributed by atoms with van der Waals surface area (Å²) in [5, 5.41) is 48.5. The van der Waals surface area contributed by atoms with Gasteiger partial charge >= 0.3 is 5.97 Å². The second-order valence-electron chi connectivity index (χ2n) is 13.9. The molecule has 0 fully saturated rings. The maximum atomic E-state index is 13.2. The second-order valence-corrected chi connectivity index (χ2v) is 19.5. The third-order valence-corrected chi connectivity index (χ3v) is 13.1. The summed E-state index contributed by atoms with van der Waals surface area (Å²) >= 11 is 0. The minimum Gasteiger partial charge on any atom is -0.505 e. The molecule has 0 saturated heterocycles. The molecule has 1 atom stereocenters. The van der Waals surface area contributed by atoms with Crippen molar-refractivity contribution >= 4 is 114 Å². The SMILES string of the molecule is COc1cc(N=Nc2cc(S(=O)(=O)O)c3cccc(S(=O)(=O)O)c3c2)c(C)cc1N=Nc1c(S(=O)(=O)O)cc2cc(N=NC3C(=O)N(c4ccc(S(=O)(=O)O)cc4)N=C3C(=O)O)ccc2c1O. The van der Waals surface area contributed by atoms with Gasteiger partial charge in [0, 0.05) is 22.2 Å². The largest absolute Gasteiger partial charge is 0.505 e. The maximum absolute atomic E-state index is 13.2. The topological polar surface area (TPSA) is 391 Å². The molecule has 6 N–H and O–H groups in total. The molecule has 7 rings (SSSR count). The van der Waals surface area contributed by atoms with Crippen molar-refractivity contribution in [3.8, 4) is 11.5 Å². The number of hydrazone groups is 1. The molecular weight excluding hydrogens is 969 g/mol. The Hall–Kier alpha value is -7.51. The zero-order valence-electron chi connectivity index (χ0n) is 33.6. The van der Waals surface area contributed by atoms with Crippen molar-refractivity contribution in [3.05, 3.63) is 96.6 Å². The number of carbonyl (C=O) groups is 2. The Morgan fingerprint density at radius 3 is 1.93 bits per heavy atom. The van der Waals surface area contributed by atoms with Crippen molar-refractivity contribution in [1.29, 1.82) is 0 Å². The number of carbonyl (C=O) groups excluding carboxylic acids is 1. The zero-order chi connectivity index (χ0) is 49.0. The van der Waals surface area contributed by atoms with Gasteiger partial charge in [0.05, 0.1) is 34.8 Å². The fourth-order valence-electron chi connectivity index (χ4n) is 6.50. The van der Waals surface area contributed by atoms with Crippen molar-refractivity contribution in [2.75, 3.05) is 12.1 Å². The number of anilines is 1. The molecule has 1 aliphatic heterocycles. The highest BCUT2D eigenvalue weighted by Gasteiger charge is 2.41. The molecule has 1 unspecified atom stereocenters. The maximum Gasteiger partial charge on any atom is 0.355 e. The Morgan fingerprint density at radius 1 is 0.657 bits per heavy atom. The van der Waals surface area contributed by atoms with E-state index >= 15 is 0 Å². The molecule has 1 amide bonds. The summed E-state index contributed by atoms with van der Waals surface area (Å²) in [6.07, 6.45) is 0. The molecule has 0 spiro atoms. The summed E-state index contributed by atoms with van der Waals surface area (Å²) in [6.45, 7) is 1.51. The standard InChI is InChI=1S/C38H28N8O17S4/c1-18-12-28(29(63-2)17-27(18)41-40-21-15-26-25(31(16-21)66(57,58)59)4-3-5-30(26)65(54,55)56)42-43-33-32(67(60,61)62)14-19-13-20(6-11-24(19)36(33)47)39-44-34-35(38(49)50)45-46(37(34)48)22-7-9-23(10-8-22)64(51,52)53/h3-17,34,47H,1-2H3,(H,49,50)(H,51,52,53)(H,54,55,56)(H,57,58,59)(H,60,61,62). The molecule has 0 aliphatic carbocycles. The number of benzene rings is 6. The first-order valence-corrected chi connectivity index (χ1v) is 24.0. The highest BCUT2D eigenvalue weighted by atomic mass is 32.2. The summed E-state index contributed by atoms with van der Waals surface area (Å²) < 4.78 is 141. The van der Waals surface area contributed by atoms with Gasteiger partial charge in [-0.15, -0.1) is 10.2 Å². The van der Waals surface area contributed by atoms with Crippen LogP contribution < -0.4 is 9.75 Å². The normalized spacial score (nSPS) is 15.1. The van der Waals surface area contributed by atoms with Gasteiger partial charge in [-0.25, -0.2) is 4.79 Å². The fourth-order valence-corrected chi connectivity index (χ4v) is 9.06. The molecule has 346 valence electrons. The number of carboxylic acid groups (broad SMARTS) is 1. The Morgan fingerprint density at radius 2 is 1.31 bits per heavy atom. The number of hydrogen-bond donors (Lipinski definition) is 6. The second kappa shape index (κ2) is 17.4. The average molecular weight is 997 g/mol. The number of fused-ring (bicyclic) bond motifs is 2. The lowest BCUT2D eigenvalue weighted by Gasteiger charge is -2.12. The van der Waals surface area contributed by atoms with Crippen LogP contribution in [0.25, 0.3) is 21.5 Å². The molecule has 6 aromatic rings. The molecule has 1 aliphatic rings. The lowest BCUT2D eigenvalue weighted by atomic mass is 10.1. The molecule has 0 radical (unpaired) electrons. The van der Waals surface area contributed by atoms with Crippen molar-refractivity contribution in [2.45, 2.75) is 32.5 Å². The Kier molecular flexibility index (Phi) is 12.3. The van der Waals surface area contributed by atoms with E-state index in [1.54, 1.807) is 0 Å². The molecule has 0 aromatic heterocycles. The van der Waals surface area contributed by atoms with Gasteiger partial charge in [0.2, 0.25) is 6.04 Å². The number of phenolic OH excluding ortho intramolecular Hbond substituents is 1. The van der Waals surface area contributed by atoms with E-state index in [4.69, 9.17) is 4.74 Å². The Bertz CT molecular complexity index is 3710. The van der Waals surface area contributed by atoms with Crippen molar-refractivity contribution in [2.24, 2.45) is 35.8 Å². The lowest BCUT2D eigenvalue weighted by molar-refractivity contribution is -0.130. The van der Waals surface area contributed by atoms with E-state index in [2.05, 4.69) is 35.8 Å². The van der Waals surface area contributed by atoms with E-state index in [0.717, 1.165) is 54.6 Å². The molecule has 29 heteroatoms. The summed E-state index contributed by atoms with van der Waals surface area (Å²) in [5.74, 6) is -3.51. The van der Waals surface area contributed by atoms with Crippen LogP contribution in [0.1, 0.15) is 5.56 Å². The first-order chi connectivity index (χ1) is 31.3. The number of ether oxygens (including phenoxy) is 1. The van der Waals surface area contributed by atoms with Crippen molar-refractivity contribution < 1.29 is 76.4 Å². The molecule has 1 heterocycles. The lowest BCUT2D eigenvalue weighted by Crippen LogP contribution is -2.33. The van der Waals surface area contributed by atoms with Gasteiger partial charge in [-0.2, -0.15) is 64.2 Å². The fraction of sp³-hybridized carbons (Fsp3) is 0.0789. The zero-order valence-corrected chi connectivity index (χ0v) is 36.9. The van der Waals surface area contributed by atoms with Crippen LogP contribution in [0.4, 0.5) is 34.1 Å². The monoisotopic (exact) mass is 996 g/mol. The van der Waals surface area contributed by atoms with Crippen LogP contribution in [-0.2, 0) is 50.1 Å². The Labute approximate surface area is 377 Å². The van der Waals surface area contributed by atoms with Gasteiger partial charge < -0.3 is 14.9 Å². The first kappa shape index (κ1) is 47.5. The number of methoxy groups -OCH3 is 1. The van der Waals surface area contributed by atoms with Crippen LogP contribution in [0.15, 0.2) is 146 Å². The predicted octanol–water partition coefficient (Wildman–Crippen LogP) is 6.77. The number of carboxylic acids is 1. The number of nitrogens with zero attached hydrogens (tertiary/aromatic N) is 8. The van der Waals surface area contributed by atoms with E-state index in [-0.39, 0.29) is 55.7 Å². The van der Waals surface area contributed by atoms with Gasteiger partial charge in [0.1, 0.15) is 31.8 Å². The van der Waals surface area contributed by atoms with Crippen LogP contribution >= 0.6 is 0 Å². The van der Waals surface area contributed by atoms with Crippen molar-refractivity contribution in [1.82, 2.24) is 0 Å². The number of aryl methyl sites for hydroxylation is 1. The summed E-state index contributed by atoms with van der Waals surface area (Å²) in [6, 6.07) is 14.8. The van der Waals surface area contributed by atoms with E-state index in [9.17, 15) is 71.7 Å². The van der Waals surface area contributed by atoms with E-state index in [1.165, 1.54) is 50.4 Å². The number of aliphatic carboxylic acids is 1. The van der Waals surface area contributed by atoms with Crippen LogP contribution in [0, 0.1) is 6.92 Å². The average Bonchev–Trinajstić information content (AvgIpc) is 3.58.